The maximum Gasteiger partial charge on any atom is 0.254 e. The number of carbonyl (C=O) groups excluding carboxylic acids is 1. The van der Waals surface area contributed by atoms with Crippen molar-refractivity contribution in [3.05, 3.63) is 0 Å². The van der Waals surface area contributed by atoms with Gasteiger partial charge < -0.3 is 5.32 Å². The van der Waals surface area contributed by atoms with Gasteiger partial charge in [0, 0.05) is 6.54 Å². The van der Waals surface area contributed by atoms with Crippen LogP contribution < -0.4 is 5.32 Å². The first kappa shape index (κ1) is 14.4. The fourth-order valence-corrected chi connectivity index (χ4v) is 3.54. The Morgan fingerprint density at radius 2 is 2.00 bits per heavy atom. The van der Waals surface area contributed by atoms with Gasteiger partial charge >= 0.3 is 0 Å². The quantitative estimate of drug-likeness (QED) is 0.821. The summed E-state index contributed by atoms with van der Waals surface area (Å²) in [7, 11) is 0. The van der Waals surface area contributed by atoms with E-state index in [9.17, 15) is 4.79 Å². The van der Waals surface area contributed by atoms with E-state index in [4.69, 9.17) is 5.41 Å². The zero-order valence-electron chi connectivity index (χ0n) is 12.5. The molecule has 1 heterocycles. The number of carbonyl (C=O) groups is 1. The third kappa shape index (κ3) is 3.10. The van der Waals surface area contributed by atoms with Crippen LogP contribution in [0.25, 0.3) is 0 Å². The lowest BCUT2D eigenvalue weighted by Crippen LogP contribution is -2.45. The second-order valence-electron chi connectivity index (χ2n) is 6.82. The average Bonchev–Trinajstić information content (AvgIpc) is 2.53. The second-order valence-corrected chi connectivity index (χ2v) is 6.82. The monoisotopic (exact) mass is 265 g/mol. The summed E-state index contributed by atoms with van der Waals surface area (Å²) >= 11 is 0. The van der Waals surface area contributed by atoms with E-state index in [0.717, 1.165) is 13.0 Å². The smallest absolute Gasteiger partial charge is 0.254 e. The van der Waals surface area contributed by atoms with Crippen molar-refractivity contribution < 1.29 is 4.79 Å². The molecule has 1 saturated heterocycles. The number of hydrogen-bond donors (Lipinski definition) is 2. The molecule has 0 aromatic carbocycles. The lowest BCUT2D eigenvalue weighted by atomic mass is 9.88. The summed E-state index contributed by atoms with van der Waals surface area (Å²) in [6, 6.07) is 0. The van der Waals surface area contributed by atoms with E-state index in [1.807, 2.05) is 6.92 Å². The Hall–Kier alpha value is -1.06. The van der Waals surface area contributed by atoms with Crippen LogP contribution in [-0.2, 0) is 4.79 Å². The van der Waals surface area contributed by atoms with Gasteiger partial charge in [-0.05, 0) is 38.0 Å². The van der Waals surface area contributed by atoms with Crippen LogP contribution in [0.3, 0.4) is 0 Å². The molecular weight excluding hydrogens is 238 g/mol. The molecule has 108 valence electrons. The van der Waals surface area contributed by atoms with Crippen molar-refractivity contribution in [1.29, 1.82) is 5.41 Å². The van der Waals surface area contributed by atoms with Crippen LogP contribution in [0.5, 0.6) is 0 Å². The molecule has 0 aromatic heterocycles. The molecule has 2 rings (SSSR count). The highest BCUT2D eigenvalue weighted by atomic mass is 16.2. The number of rotatable bonds is 4. The number of nitrogens with one attached hydrogen (secondary N) is 2. The van der Waals surface area contributed by atoms with E-state index in [0.29, 0.717) is 17.8 Å². The van der Waals surface area contributed by atoms with Crippen molar-refractivity contribution >= 4 is 11.9 Å². The first-order valence-electron chi connectivity index (χ1n) is 7.61. The maximum atomic E-state index is 12.6. The van der Waals surface area contributed by atoms with E-state index < -0.39 is 5.54 Å². The predicted octanol–water partition coefficient (Wildman–Crippen LogP) is 2.74. The van der Waals surface area contributed by atoms with Crippen LogP contribution in [0, 0.1) is 17.2 Å². The molecule has 2 N–H and O–H groups in total. The second kappa shape index (κ2) is 5.51. The van der Waals surface area contributed by atoms with Crippen LogP contribution >= 0.6 is 0 Å². The van der Waals surface area contributed by atoms with Crippen molar-refractivity contribution in [3.8, 4) is 0 Å². The van der Waals surface area contributed by atoms with Gasteiger partial charge in [0.25, 0.3) is 5.91 Å². The Morgan fingerprint density at radius 3 is 2.58 bits per heavy atom. The minimum atomic E-state index is -0.570. The van der Waals surface area contributed by atoms with Crippen molar-refractivity contribution in [1.82, 2.24) is 10.2 Å². The SMILES string of the molecule is CC(C)CC1(C)NC(=N)N(CC2CCCCC2)C1=O. The van der Waals surface area contributed by atoms with Crippen LogP contribution in [0.4, 0.5) is 0 Å². The fourth-order valence-electron chi connectivity index (χ4n) is 3.54. The van der Waals surface area contributed by atoms with Crippen molar-refractivity contribution in [2.45, 2.75) is 64.8 Å². The van der Waals surface area contributed by atoms with Gasteiger partial charge in [-0.25, -0.2) is 0 Å². The zero-order chi connectivity index (χ0) is 14.0. The summed E-state index contributed by atoms with van der Waals surface area (Å²) in [6.45, 7) is 6.91. The topological polar surface area (TPSA) is 56.2 Å². The van der Waals surface area contributed by atoms with Gasteiger partial charge in [-0.2, -0.15) is 0 Å². The van der Waals surface area contributed by atoms with Gasteiger partial charge in [0.1, 0.15) is 5.54 Å². The molecule has 4 heteroatoms. The molecule has 4 nitrogen and oxygen atoms in total. The summed E-state index contributed by atoms with van der Waals surface area (Å²) in [6.07, 6.45) is 7.07. The number of guanidine groups is 1. The van der Waals surface area contributed by atoms with Crippen LogP contribution in [-0.4, -0.2) is 28.9 Å². The van der Waals surface area contributed by atoms with E-state index in [1.54, 1.807) is 4.90 Å². The molecule has 0 bridgehead atoms. The summed E-state index contributed by atoms with van der Waals surface area (Å²) in [4.78, 5) is 14.2. The molecule has 2 aliphatic rings. The van der Waals surface area contributed by atoms with E-state index >= 15 is 0 Å². The van der Waals surface area contributed by atoms with Gasteiger partial charge in [0.05, 0.1) is 0 Å². The zero-order valence-corrected chi connectivity index (χ0v) is 12.5. The summed E-state index contributed by atoms with van der Waals surface area (Å²) in [5.41, 5.74) is -0.570. The van der Waals surface area contributed by atoms with Gasteiger partial charge in [0.15, 0.2) is 5.96 Å². The Kier molecular flexibility index (Phi) is 4.16. The molecular formula is C15H27N3O. The third-order valence-electron chi connectivity index (χ3n) is 4.36. The molecule has 0 radical (unpaired) electrons. The first-order chi connectivity index (χ1) is 8.92. The number of amides is 1. The summed E-state index contributed by atoms with van der Waals surface area (Å²) in [5.74, 6) is 1.43. The van der Waals surface area contributed by atoms with E-state index in [-0.39, 0.29) is 5.91 Å². The molecule has 1 aliphatic carbocycles. The Balaban J connectivity index is 2.01. The molecule has 0 spiro atoms. The molecule has 19 heavy (non-hydrogen) atoms. The average molecular weight is 265 g/mol. The molecule has 1 aliphatic heterocycles. The Bertz CT molecular complexity index is 360. The fraction of sp³-hybridized carbons (Fsp3) is 0.867. The van der Waals surface area contributed by atoms with Crippen molar-refractivity contribution in [3.63, 3.8) is 0 Å². The Labute approximate surface area is 116 Å². The van der Waals surface area contributed by atoms with Gasteiger partial charge in [-0.1, -0.05) is 33.1 Å². The highest BCUT2D eigenvalue weighted by Gasteiger charge is 2.46. The molecule has 0 aromatic rings. The van der Waals surface area contributed by atoms with E-state index in [2.05, 4.69) is 19.2 Å². The standard InChI is InChI=1S/C15H27N3O/c1-11(2)9-15(3)13(19)18(14(16)17-15)10-12-7-5-4-6-8-12/h11-12H,4-10H2,1-3H3,(H2,16,17). The van der Waals surface area contributed by atoms with Gasteiger partial charge in [-0.3, -0.25) is 15.1 Å². The van der Waals surface area contributed by atoms with Crippen LogP contribution in [0.1, 0.15) is 59.3 Å². The maximum absolute atomic E-state index is 12.6. The van der Waals surface area contributed by atoms with Crippen LogP contribution in [0.15, 0.2) is 0 Å². The van der Waals surface area contributed by atoms with Crippen LogP contribution in [0.2, 0.25) is 0 Å². The summed E-state index contributed by atoms with van der Waals surface area (Å²) < 4.78 is 0. The molecule has 1 amide bonds. The lowest BCUT2D eigenvalue weighted by molar-refractivity contribution is -0.131. The van der Waals surface area contributed by atoms with Gasteiger partial charge in [0.2, 0.25) is 0 Å². The van der Waals surface area contributed by atoms with Gasteiger partial charge in [-0.15, -0.1) is 0 Å². The molecule has 1 saturated carbocycles. The third-order valence-corrected chi connectivity index (χ3v) is 4.36. The molecule has 1 atom stereocenters. The first-order valence-corrected chi connectivity index (χ1v) is 7.61. The minimum absolute atomic E-state index is 0.0942. The highest BCUT2D eigenvalue weighted by molar-refractivity contribution is 6.07. The normalized spacial score (nSPS) is 29.2. The molecule has 2 fully saturated rings. The van der Waals surface area contributed by atoms with E-state index in [1.165, 1.54) is 32.1 Å². The minimum Gasteiger partial charge on any atom is -0.342 e. The van der Waals surface area contributed by atoms with Crippen molar-refractivity contribution in [2.24, 2.45) is 11.8 Å². The number of nitrogens with zero attached hydrogens (tertiary/aromatic N) is 1. The summed E-state index contributed by atoms with van der Waals surface area (Å²) in [5, 5.41) is 11.2. The Morgan fingerprint density at radius 1 is 1.37 bits per heavy atom. The number of hydrogen-bond acceptors (Lipinski definition) is 2. The lowest BCUT2D eigenvalue weighted by Gasteiger charge is -2.27. The largest absolute Gasteiger partial charge is 0.342 e. The highest BCUT2D eigenvalue weighted by Crippen LogP contribution is 2.29. The van der Waals surface area contributed by atoms with Crippen molar-refractivity contribution in [2.75, 3.05) is 6.54 Å². The molecule has 1 unspecified atom stereocenters. The predicted molar refractivity (Wildman–Crippen MR) is 77.0 cm³/mol.